The maximum absolute atomic E-state index is 13.7. The predicted octanol–water partition coefficient (Wildman–Crippen LogP) is 4.43. The van der Waals surface area contributed by atoms with Crippen molar-refractivity contribution in [2.75, 3.05) is 13.1 Å². The van der Waals surface area contributed by atoms with E-state index in [9.17, 15) is 22.0 Å². The van der Waals surface area contributed by atoms with Gasteiger partial charge in [-0.1, -0.05) is 0 Å². The minimum Gasteiger partial charge on any atom is -0.483 e. The minimum atomic E-state index is -1.19. The molecule has 7 heteroatoms. The summed E-state index contributed by atoms with van der Waals surface area (Å²) in [5, 5.41) is 3.17. The van der Waals surface area contributed by atoms with E-state index in [1.54, 1.807) is 0 Å². The fraction of sp³-hybridized carbons (Fsp3) is 0.333. The standard InChI is InChI=1S/C18H16F5NO/c19-12-6-16(22)18(17(23)7-12)25-9-11-5-14(20)15(21)8-13(11)10-1-3-24-4-2-10/h5-8,10,24H,1-4,9H2. The normalized spacial score (nSPS) is 15.4. The van der Waals surface area contributed by atoms with Crippen LogP contribution in [0.15, 0.2) is 24.3 Å². The topological polar surface area (TPSA) is 21.3 Å². The smallest absolute Gasteiger partial charge is 0.191 e. The zero-order valence-corrected chi connectivity index (χ0v) is 13.2. The molecule has 2 nitrogen and oxygen atoms in total. The van der Waals surface area contributed by atoms with Gasteiger partial charge in [0.05, 0.1) is 0 Å². The first-order valence-electron chi connectivity index (χ1n) is 7.91. The molecule has 3 rings (SSSR count). The monoisotopic (exact) mass is 357 g/mol. The van der Waals surface area contributed by atoms with Gasteiger partial charge in [0.15, 0.2) is 29.0 Å². The Hall–Kier alpha value is -2.15. The fourth-order valence-corrected chi connectivity index (χ4v) is 3.06. The van der Waals surface area contributed by atoms with E-state index in [4.69, 9.17) is 4.74 Å². The lowest BCUT2D eigenvalue weighted by Crippen LogP contribution is -2.27. The van der Waals surface area contributed by atoms with Crippen LogP contribution in [0.3, 0.4) is 0 Å². The third kappa shape index (κ3) is 3.92. The van der Waals surface area contributed by atoms with E-state index in [0.29, 0.717) is 23.3 Å². The highest BCUT2D eigenvalue weighted by Crippen LogP contribution is 2.31. The molecule has 1 aliphatic heterocycles. The molecule has 1 heterocycles. The molecule has 0 aromatic heterocycles. The van der Waals surface area contributed by atoms with Crippen LogP contribution in [0, 0.1) is 29.1 Å². The first kappa shape index (κ1) is 17.7. The van der Waals surface area contributed by atoms with Gasteiger partial charge in [-0.2, -0.15) is 0 Å². The Morgan fingerprint density at radius 2 is 1.44 bits per heavy atom. The van der Waals surface area contributed by atoms with Crippen molar-refractivity contribution >= 4 is 0 Å². The van der Waals surface area contributed by atoms with Crippen LogP contribution in [-0.2, 0) is 6.61 Å². The molecule has 0 bridgehead atoms. The maximum atomic E-state index is 13.7. The molecule has 0 unspecified atom stereocenters. The van der Waals surface area contributed by atoms with Crippen molar-refractivity contribution in [3.8, 4) is 5.75 Å². The maximum Gasteiger partial charge on any atom is 0.191 e. The Morgan fingerprint density at radius 1 is 0.840 bits per heavy atom. The highest BCUT2D eigenvalue weighted by atomic mass is 19.2. The van der Waals surface area contributed by atoms with E-state index in [-0.39, 0.29) is 12.5 Å². The van der Waals surface area contributed by atoms with Crippen molar-refractivity contribution in [2.24, 2.45) is 0 Å². The van der Waals surface area contributed by atoms with Crippen LogP contribution < -0.4 is 10.1 Å². The summed E-state index contributed by atoms with van der Waals surface area (Å²) in [5.41, 5.74) is 0.872. The van der Waals surface area contributed by atoms with Crippen molar-refractivity contribution in [3.05, 3.63) is 64.5 Å². The van der Waals surface area contributed by atoms with Crippen molar-refractivity contribution in [1.82, 2.24) is 5.32 Å². The number of piperidine rings is 1. The van der Waals surface area contributed by atoms with Gasteiger partial charge in [0.2, 0.25) is 0 Å². The minimum absolute atomic E-state index is 0.00198. The molecule has 0 atom stereocenters. The molecule has 1 N–H and O–H groups in total. The Balaban J connectivity index is 1.88. The van der Waals surface area contributed by atoms with Crippen LogP contribution in [0.4, 0.5) is 22.0 Å². The lowest BCUT2D eigenvalue weighted by Gasteiger charge is -2.25. The molecule has 1 saturated heterocycles. The third-order valence-electron chi connectivity index (χ3n) is 4.30. The second-order valence-electron chi connectivity index (χ2n) is 5.98. The molecule has 0 radical (unpaired) electrons. The lowest BCUT2D eigenvalue weighted by atomic mass is 9.87. The summed E-state index contributed by atoms with van der Waals surface area (Å²) >= 11 is 0. The summed E-state index contributed by atoms with van der Waals surface area (Å²) in [5.74, 6) is -6.23. The average molecular weight is 357 g/mol. The number of hydrogen-bond donors (Lipinski definition) is 1. The number of benzene rings is 2. The molecule has 0 amide bonds. The molecule has 0 aliphatic carbocycles. The predicted molar refractivity (Wildman–Crippen MR) is 81.9 cm³/mol. The second kappa shape index (κ2) is 7.39. The van der Waals surface area contributed by atoms with E-state index >= 15 is 0 Å². The van der Waals surface area contributed by atoms with Crippen LogP contribution >= 0.6 is 0 Å². The Bertz CT molecular complexity index is 751. The van der Waals surface area contributed by atoms with E-state index in [1.807, 2.05) is 0 Å². The fourth-order valence-electron chi connectivity index (χ4n) is 3.06. The SMILES string of the molecule is Fc1cc(F)c(OCc2cc(F)c(F)cc2C2CCNCC2)c(F)c1. The quantitative estimate of drug-likeness (QED) is 0.818. The molecular formula is C18H16F5NO. The summed E-state index contributed by atoms with van der Waals surface area (Å²) in [4.78, 5) is 0. The van der Waals surface area contributed by atoms with Crippen molar-refractivity contribution in [1.29, 1.82) is 0 Å². The zero-order valence-electron chi connectivity index (χ0n) is 13.2. The molecule has 25 heavy (non-hydrogen) atoms. The van der Waals surface area contributed by atoms with E-state index in [1.165, 1.54) is 0 Å². The first-order chi connectivity index (χ1) is 12.0. The largest absolute Gasteiger partial charge is 0.483 e. The zero-order chi connectivity index (χ0) is 18.0. The van der Waals surface area contributed by atoms with Crippen LogP contribution in [0.25, 0.3) is 0 Å². The van der Waals surface area contributed by atoms with Gasteiger partial charge in [-0.25, -0.2) is 22.0 Å². The first-order valence-corrected chi connectivity index (χ1v) is 7.91. The summed E-state index contributed by atoms with van der Waals surface area (Å²) < 4.78 is 72.7. The van der Waals surface area contributed by atoms with Crippen molar-refractivity contribution < 1.29 is 26.7 Å². The van der Waals surface area contributed by atoms with Gasteiger partial charge in [-0.05, 0) is 55.1 Å². The second-order valence-corrected chi connectivity index (χ2v) is 5.98. The third-order valence-corrected chi connectivity index (χ3v) is 4.30. The van der Waals surface area contributed by atoms with Crippen LogP contribution in [0.5, 0.6) is 5.75 Å². The number of hydrogen-bond acceptors (Lipinski definition) is 2. The molecule has 2 aromatic rings. The molecule has 1 fully saturated rings. The Labute approximate surface area is 141 Å². The van der Waals surface area contributed by atoms with E-state index in [2.05, 4.69) is 5.32 Å². The lowest BCUT2D eigenvalue weighted by molar-refractivity contribution is 0.269. The average Bonchev–Trinajstić information content (AvgIpc) is 2.57. The van der Waals surface area contributed by atoms with Gasteiger partial charge >= 0.3 is 0 Å². The van der Waals surface area contributed by atoms with Gasteiger partial charge in [-0.3, -0.25) is 0 Å². The van der Waals surface area contributed by atoms with Gasteiger partial charge in [0.1, 0.15) is 12.4 Å². The number of rotatable bonds is 4. The number of ether oxygens (including phenoxy) is 1. The molecule has 2 aromatic carbocycles. The summed E-state index contributed by atoms with van der Waals surface area (Å²) in [6.07, 6.45) is 1.47. The van der Waals surface area contributed by atoms with Crippen LogP contribution in [0.2, 0.25) is 0 Å². The molecule has 0 spiro atoms. The summed E-state index contributed by atoms with van der Waals surface area (Å²) in [6, 6.07) is 3.09. The summed E-state index contributed by atoms with van der Waals surface area (Å²) in [6.45, 7) is 1.13. The molecular weight excluding hydrogens is 341 g/mol. The van der Waals surface area contributed by atoms with Gasteiger partial charge in [0, 0.05) is 12.1 Å². The highest BCUT2D eigenvalue weighted by molar-refractivity contribution is 5.33. The number of nitrogens with one attached hydrogen (secondary N) is 1. The van der Waals surface area contributed by atoms with Crippen LogP contribution in [-0.4, -0.2) is 13.1 Å². The van der Waals surface area contributed by atoms with Crippen LogP contribution in [0.1, 0.15) is 29.9 Å². The van der Waals surface area contributed by atoms with Crippen molar-refractivity contribution in [2.45, 2.75) is 25.4 Å². The summed E-state index contributed by atoms with van der Waals surface area (Å²) in [7, 11) is 0. The Kier molecular flexibility index (Phi) is 5.22. The van der Waals surface area contributed by atoms with E-state index in [0.717, 1.165) is 38.1 Å². The van der Waals surface area contributed by atoms with Crippen molar-refractivity contribution in [3.63, 3.8) is 0 Å². The highest BCUT2D eigenvalue weighted by Gasteiger charge is 2.22. The van der Waals surface area contributed by atoms with Gasteiger partial charge in [-0.15, -0.1) is 0 Å². The van der Waals surface area contributed by atoms with E-state index < -0.39 is 34.8 Å². The van der Waals surface area contributed by atoms with Gasteiger partial charge < -0.3 is 10.1 Å². The number of halogens is 5. The van der Waals surface area contributed by atoms with Gasteiger partial charge in [0.25, 0.3) is 0 Å². The molecule has 1 aliphatic rings. The molecule has 134 valence electrons. The Morgan fingerprint density at radius 3 is 2.08 bits per heavy atom. The molecule has 0 saturated carbocycles.